The van der Waals surface area contributed by atoms with Crippen molar-refractivity contribution in [2.75, 3.05) is 13.7 Å². The Labute approximate surface area is 170 Å². The number of aromatic nitrogens is 1. The highest BCUT2D eigenvalue weighted by atomic mass is 35.5. The highest BCUT2D eigenvalue weighted by Crippen LogP contribution is 2.47. The molecule has 2 aliphatic rings. The predicted molar refractivity (Wildman–Crippen MR) is 108 cm³/mol. The van der Waals surface area contributed by atoms with E-state index in [1.54, 1.807) is 12.1 Å². The van der Waals surface area contributed by atoms with Crippen molar-refractivity contribution in [3.05, 3.63) is 58.7 Å². The number of benzene rings is 1. The van der Waals surface area contributed by atoms with Gasteiger partial charge in [-0.05, 0) is 30.9 Å². The van der Waals surface area contributed by atoms with Crippen LogP contribution < -0.4 is 4.74 Å². The van der Waals surface area contributed by atoms with Crippen molar-refractivity contribution in [2.45, 2.75) is 43.7 Å². The van der Waals surface area contributed by atoms with E-state index in [1.807, 2.05) is 35.2 Å². The van der Waals surface area contributed by atoms with Crippen LogP contribution in [0.1, 0.15) is 48.0 Å². The van der Waals surface area contributed by atoms with Gasteiger partial charge < -0.3 is 14.7 Å². The molecular formula is C22H25ClN2O3. The number of piperidine rings is 1. The molecule has 1 aromatic carbocycles. The van der Waals surface area contributed by atoms with E-state index in [9.17, 15) is 9.90 Å². The first-order valence-electron chi connectivity index (χ1n) is 9.83. The van der Waals surface area contributed by atoms with Crippen LogP contribution in [0.3, 0.4) is 0 Å². The third kappa shape index (κ3) is 3.38. The van der Waals surface area contributed by atoms with Crippen molar-refractivity contribution in [1.82, 2.24) is 9.88 Å². The van der Waals surface area contributed by atoms with Gasteiger partial charge in [-0.2, -0.15) is 0 Å². The van der Waals surface area contributed by atoms with Crippen LogP contribution >= 0.6 is 11.6 Å². The molecule has 1 N–H and O–H groups in total. The maximum absolute atomic E-state index is 13.3. The van der Waals surface area contributed by atoms with Gasteiger partial charge in [0, 0.05) is 30.1 Å². The number of ether oxygens (including phenoxy) is 1. The Morgan fingerprint density at radius 2 is 2.00 bits per heavy atom. The van der Waals surface area contributed by atoms with Crippen molar-refractivity contribution < 1.29 is 14.6 Å². The van der Waals surface area contributed by atoms with Crippen LogP contribution in [0.2, 0.25) is 5.15 Å². The van der Waals surface area contributed by atoms with Crippen LogP contribution in [0, 0.1) is 5.92 Å². The van der Waals surface area contributed by atoms with Crippen LogP contribution in [0.15, 0.2) is 42.5 Å². The second-order valence-corrected chi connectivity index (χ2v) is 8.11. The maximum Gasteiger partial charge on any atom is 0.254 e. The van der Waals surface area contributed by atoms with Gasteiger partial charge in [-0.1, -0.05) is 54.8 Å². The van der Waals surface area contributed by atoms with Gasteiger partial charge in [0.15, 0.2) is 0 Å². The Morgan fingerprint density at radius 1 is 1.25 bits per heavy atom. The molecule has 2 heterocycles. The SMILES string of the molecule is COc1cc(C(=O)N2CCC(O)(c3ccccc3)[C@H]3CCCC[C@H]32)cc(Cl)n1. The topological polar surface area (TPSA) is 62.7 Å². The number of pyridine rings is 1. The molecule has 1 aliphatic heterocycles. The Bertz CT molecular complexity index is 860. The van der Waals surface area contributed by atoms with E-state index in [2.05, 4.69) is 4.98 Å². The summed E-state index contributed by atoms with van der Waals surface area (Å²) in [5.41, 5.74) is 0.537. The second kappa shape index (κ2) is 7.72. The standard InChI is InChI=1S/C22H25ClN2O3/c1-28-20-14-15(13-19(23)24-20)21(26)25-12-11-22(27,16-7-3-2-4-8-16)17-9-5-6-10-18(17)25/h2-4,7-8,13-14,17-18,27H,5-6,9-12H2,1H3/t17-,18+,22?/m0/s1. The number of likely N-dealkylation sites (tertiary alicyclic amines) is 1. The van der Waals surface area contributed by atoms with Crippen LogP contribution in [-0.4, -0.2) is 40.6 Å². The summed E-state index contributed by atoms with van der Waals surface area (Å²) in [6.07, 6.45) is 4.49. The second-order valence-electron chi connectivity index (χ2n) is 7.72. The summed E-state index contributed by atoms with van der Waals surface area (Å²) >= 11 is 6.07. The van der Waals surface area contributed by atoms with Gasteiger partial charge in [0.25, 0.3) is 5.91 Å². The molecule has 1 aromatic heterocycles. The van der Waals surface area contributed by atoms with Gasteiger partial charge in [-0.25, -0.2) is 4.98 Å². The van der Waals surface area contributed by atoms with Crippen molar-refractivity contribution in [3.8, 4) is 5.88 Å². The number of halogens is 1. The number of aliphatic hydroxyl groups is 1. The van der Waals surface area contributed by atoms with E-state index in [0.29, 0.717) is 24.4 Å². The van der Waals surface area contributed by atoms with E-state index in [0.717, 1.165) is 31.2 Å². The Kier molecular flexibility index (Phi) is 5.30. The lowest BCUT2D eigenvalue weighted by molar-refractivity contribution is -0.110. The minimum Gasteiger partial charge on any atom is -0.481 e. The molecule has 4 rings (SSSR count). The molecule has 6 heteroatoms. The summed E-state index contributed by atoms with van der Waals surface area (Å²) < 4.78 is 5.16. The number of carbonyl (C=O) groups is 1. The minimum atomic E-state index is -0.892. The molecule has 5 nitrogen and oxygen atoms in total. The van der Waals surface area contributed by atoms with Crippen molar-refractivity contribution in [3.63, 3.8) is 0 Å². The third-order valence-corrected chi connectivity index (χ3v) is 6.43. The molecule has 1 saturated carbocycles. The highest BCUT2D eigenvalue weighted by Gasteiger charge is 2.50. The van der Waals surface area contributed by atoms with Crippen LogP contribution in [0.5, 0.6) is 5.88 Å². The number of carbonyl (C=O) groups excluding carboxylic acids is 1. The summed E-state index contributed by atoms with van der Waals surface area (Å²) in [4.78, 5) is 19.3. The minimum absolute atomic E-state index is 0.0122. The summed E-state index contributed by atoms with van der Waals surface area (Å²) in [6, 6.07) is 13.1. The lowest BCUT2D eigenvalue weighted by Gasteiger charge is -2.52. The van der Waals surface area contributed by atoms with Crippen molar-refractivity contribution >= 4 is 17.5 Å². The smallest absolute Gasteiger partial charge is 0.254 e. The molecule has 0 radical (unpaired) electrons. The molecule has 1 saturated heterocycles. The molecule has 148 valence electrons. The Hall–Kier alpha value is -2.11. The average molecular weight is 401 g/mol. The number of methoxy groups -OCH3 is 1. The zero-order valence-corrected chi connectivity index (χ0v) is 16.7. The van der Waals surface area contributed by atoms with Gasteiger partial charge in [-0.15, -0.1) is 0 Å². The van der Waals surface area contributed by atoms with Crippen LogP contribution in [0.4, 0.5) is 0 Å². The van der Waals surface area contributed by atoms with E-state index in [1.165, 1.54) is 7.11 Å². The van der Waals surface area contributed by atoms with E-state index in [-0.39, 0.29) is 23.0 Å². The van der Waals surface area contributed by atoms with Gasteiger partial charge >= 0.3 is 0 Å². The number of amides is 1. The fourth-order valence-corrected chi connectivity index (χ4v) is 5.09. The van der Waals surface area contributed by atoms with E-state index in [4.69, 9.17) is 16.3 Å². The monoisotopic (exact) mass is 400 g/mol. The third-order valence-electron chi connectivity index (χ3n) is 6.24. The Balaban J connectivity index is 1.66. The summed E-state index contributed by atoms with van der Waals surface area (Å²) in [7, 11) is 1.50. The molecule has 3 atom stereocenters. The van der Waals surface area contributed by atoms with Crippen LogP contribution in [0.25, 0.3) is 0 Å². The molecular weight excluding hydrogens is 376 g/mol. The number of hydrogen-bond donors (Lipinski definition) is 1. The van der Waals surface area contributed by atoms with Gasteiger partial charge in [0.05, 0.1) is 12.7 Å². The molecule has 1 amide bonds. The van der Waals surface area contributed by atoms with Crippen molar-refractivity contribution in [2.24, 2.45) is 5.92 Å². The summed E-state index contributed by atoms with van der Waals surface area (Å²) in [5.74, 6) is 0.281. The van der Waals surface area contributed by atoms with Gasteiger partial charge in [0.1, 0.15) is 5.15 Å². The largest absolute Gasteiger partial charge is 0.481 e. The molecule has 1 unspecified atom stereocenters. The molecule has 28 heavy (non-hydrogen) atoms. The lowest BCUT2D eigenvalue weighted by Crippen LogP contribution is -2.59. The van der Waals surface area contributed by atoms with E-state index < -0.39 is 5.60 Å². The summed E-state index contributed by atoms with van der Waals surface area (Å²) in [6.45, 7) is 0.508. The molecule has 2 fully saturated rings. The van der Waals surface area contributed by atoms with Crippen LogP contribution in [-0.2, 0) is 5.60 Å². The van der Waals surface area contributed by atoms with E-state index >= 15 is 0 Å². The zero-order valence-electron chi connectivity index (χ0n) is 16.0. The molecule has 1 aliphatic carbocycles. The summed E-state index contributed by atoms with van der Waals surface area (Å²) in [5, 5.41) is 11.9. The first-order valence-corrected chi connectivity index (χ1v) is 10.2. The zero-order chi connectivity index (χ0) is 19.7. The highest BCUT2D eigenvalue weighted by molar-refractivity contribution is 6.29. The molecule has 0 bridgehead atoms. The Morgan fingerprint density at radius 3 is 2.75 bits per heavy atom. The fourth-order valence-electron chi connectivity index (χ4n) is 4.89. The predicted octanol–water partition coefficient (Wildman–Crippen LogP) is 4.04. The fraction of sp³-hybridized carbons (Fsp3) is 0.455. The maximum atomic E-state index is 13.3. The average Bonchev–Trinajstić information content (AvgIpc) is 2.74. The number of hydrogen-bond acceptors (Lipinski definition) is 4. The normalized spacial score (nSPS) is 27.2. The lowest BCUT2D eigenvalue weighted by atomic mass is 9.66. The number of rotatable bonds is 3. The van der Waals surface area contributed by atoms with Gasteiger partial charge in [-0.3, -0.25) is 4.79 Å². The first-order chi connectivity index (χ1) is 13.5. The van der Waals surface area contributed by atoms with Gasteiger partial charge in [0.2, 0.25) is 5.88 Å². The number of fused-ring (bicyclic) bond motifs is 1. The number of nitrogens with zero attached hydrogens (tertiary/aromatic N) is 2. The molecule has 2 aromatic rings. The van der Waals surface area contributed by atoms with Crippen molar-refractivity contribution in [1.29, 1.82) is 0 Å². The molecule has 0 spiro atoms. The quantitative estimate of drug-likeness (QED) is 0.790. The first kappa shape index (κ1) is 19.2.